The van der Waals surface area contributed by atoms with Crippen molar-refractivity contribution >= 4 is 17.4 Å². The maximum atomic E-state index is 13.5. The first-order valence-corrected chi connectivity index (χ1v) is 5.87. The number of ketones is 1. The Morgan fingerprint density at radius 2 is 1.89 bits per heavy atom. The van der Waals surface area contributed by atoms with Gasteiger partial charge in [0.25, 0.3) is 0 Å². The Kier molecular flexibility index (Phi) is 2.63. The van der Waals surface area contributed by atoms with Crippen molar-refractivity contribution in [1.29, 1.82) is 0 Å². The molecule has 0 radical (unpaired) electrons. The highest BCUT2D eigenvalue weighted by atomic mass is 19.1. The van der Waals surface area contributed by atoms with E-state index < -0.39 is 5.82 Å². The number of carbonyl (C=O) groups excluding carboxylic acids is 2. The summed E-state index contributed by atoms with van der Waals surface area (Å²) >= 11 is 0. The first kappa shape index (κ1) is 11.6. The predicted molar refractivity (Wildman–Crippen MR) is 68.6 cm³/mol. The van der Waals surface area contributed by atoms with Crippen LogP contribution < -0.4 is 5.32 Å². The van der Waals surface area contributed by atoms with E-state index in [9.17, 15) is 14.0 Å². The second kappa shape index (κ2) is 4.31. The molecule has 1 aliphatic heterocycles. The second-order valence-electron chi connectivity index (χ2n) is 4.41. The summed E-state index contributed by atoms with van der Waals surface area (Å²) in [5, 5.41) is 2.62. The van der Waals surface area contributed by atoms with Crippen LogP contribution in [0.3, 0.4) is 0 Å². The normalized spacial score (nSPS) is 13.0. The lowest BCUT2D eigenvalue weighted by atomic mass is 9.99. The van der Waals surface area contributed by atoms with Crippen LogP contribution in [-0.2, 0) is 11.2 Å². The third kappa shape index (κ3) is 2.01. The molecule has 0 atom stereocenters. The fourth-order valence-electron chi connectivity index (χ4n) is 2.23. The number of rotatable bonds is 2. The van der Waals surface area contributed by atoms with Gasteiger partial charge in [-0.15, -0.1) is 0 Å². The molecule has 0 aliphatic carbocycles. The molecule has 4 heteroatoms. The summed E-state index contributed by atoms with van der Waals surface area (Å²) < 4.78 is 13.5. The van der Waals surface area contributed by atoms with Gasteiger partial charge >= 0.3 is 0 Å². The van der Waals surface area contributed by atoms with Crippen LogP contribution in [0, 0.1) is 5.82 Å². The zero-order chi connectivity index (χ0) is 13.4. The number of anilines is 1. The summed E-state index contributed by atoms with van der Waals surface area (Å²) in [6, 6.07) is 11.1. The third-order valence-electron chi connectivity index (χ3n) is 3.08. The minimum absolute atomic E-state index is 0.113. The number of hydrogen-bond acceptors (Lipinski definition) is 2. The number of amides is 1. The Morgan fingerprint density at radius 1 is 1.16 bits per heavy atom. The molecule has 1 heterocycles. The zero-order valence-electron chi connectivity index (χ0n) is 9.94. The topological polar surface area (TPSA) is 46.2 Å². The van der Waals surface area contributed by atoms with Crippen LogP contribution in [0.25, 0.3) is 0 Å². The van der Waals surface area contributed by atoms with Gasteiger partial charge in [-0.3, -0.25) is 9.59 Å². The highest BCUT2D eigenvalue weighted by molar-refractivity contribution is 6.16. The van der Waals surface area contributed by atoms with Gasteiger partial charge in [0.2, 0.25) is 5.91 Å². The van der Waals surface area contributed by atoms with Gasteiger partial charge in [0.15, 0.2) is 5.78 Å². The van der Waals surface area contributed by atoms with E-state index in [1.807, 2.05) is 0 Å². The minimum Gasteiger partial charge on any atom is -0.325 e. The third-order valence-corrected chi connectivity index (χ3v) is 3.08. The molecule has 0 fully saturated rings. The molecule has 3 rings (SSSR count). The van der Waals surface area contributed by atoms with Gasteiger partial charge in [-0.2, -0.15) is 0 Å². The zero-order valence-corrected chi connectivity index (χ0v) is 9.94. The maximum Gasteiger partial charge on any atom is 0.228 e. The molecule has 1 aliphatic rings. The van der Waals surface area contributed by atoms with E-state index >= 15 is 0 Å². The van der Waals surface area contributed by atoms with Crippen LogP contribution in [0.1, 0.15) is 21.5 Å². The molecule has 0 aromatic heterocycles. The van der Waals surface area contributed by atoms with Gasteiger partial charge in [-0.25, -0.2) is 4.39 Å². The Morgan fingerprint density at radius 3 is 2.63 bits per heavy atom. The second-order valence-corrected chi connectivity index (χ2v) is 4.41. The number of benzene rings is 2. The molecule has 19 heavy (non-hydrogen) atoms. The minimum atomic E-state index is -0.505. The highest BCUT2D eigenvalue weighted by Gasteiger charge is 2.25. The molecule has 1 N–H and O–H groups in total. The molecule has 3 nitrogen and oxygen atoms in total. The SMILES string of the molecule is O=C1Cc2cc(F)cc(C(=O)c3ccccc3)c2N1. The standard InChI is InChI=1S/C15H10FNO2/c16-11-6-10-7-13(18)17-14(10)12(8-11)15(19)9-4-2-1-3-5-9/h1-6,8H,7H2,(H,17,18). The Bertz CT molecular complexity index is 680. The molecule has 0 spiro atoms. The summed E-state index contributed by atoms with van der Waals surface area (Å²) in [5.41, 5.74) is 1.63. The van der Waals surface area contributed by atoms with Gasteiger partial charge in [-0.05, 0) is 17.7 Å². The molecule has 0 bridgehead atoms. The highest BCUT2D eigenvalue weighted by Crippen LogP contribution is 2.30. The molecule has 0 saturated carbocycles. The smallest absolute Gasteiger partial charge is 0.228 e. The van der Waals surface area contributed by atoms with Crippen LogP contribution in [-0.4, -0.2) is 11.7 Å². The van der Waals surface area contributed by atoms with E-state index in [-0.39, 0.29) is 23.7 Å². The molecule has 0 saturated heterocycles. The fraction of sp³-hybridized carbons (Fsp3) is 0.0667. The molecular formula is C15H10FNO2. The molecule has 94 valence electrons. The van der Waals surface area contributed by atoms with Crippen LogP contribution in [0.4, 0.5) is 10.1 Å². The predicted octanol–water partition coefficient (Wildman–Crippen LogP) is 2.55. The van der Waals surface area contributed by atoms with Crippen molar-refractivity contribution < 1.29 is 14.0 Å². The molecule has 1 amide bonds. The molecule has 0 unspecified atom stereocenters. The first-order valence-electron chi connectivity index (χ1n) is 5.87. The molecule has 2 aromatic rings. The van der Waals surface area contributed by atoms with Crippen molar-refractivity contribution in [2.75, 3.05) is 5.32 Å². The van der Waals surface area contributed by atoms with Gasteiger partial charge in [0, 0.05) is 11.1 Å². The number of nitrogens with one attached hydrogen (secondary N) is 1. The van der Waals surface area contributed by atoms with Crippen molar-refractivity contribution in [2.24, 2.45) is 0 Å². The summed E-state index contributed by atoms with van der Waals surface area (Å²) in [6.45, 7) is 0. The summed E-state index contributed by atoms with van der Waals surface area (Å²) in [6.07, 6.45) is 0.113. The summed E-state index contributed by atoms with van der Waals surface area (Å²) in [7, 11) is 0. The van der Waals surface area contributed by atoms with E-state index in [1.54, 1.807) is 30.3 Å². The van der Waals surface area contributed by atoms with Crippen molar-refractivity contribution in [3.05, 3.63) is 65.0 Å². The van der Waals surface area contributed by atoms with Crippen molar-refractivity contribution in [2.45, 2.75) is 6.42 Å². The van der Waals surface area contributed by atoms with Crippen molar-refractivity contribution in [3.63, 3.8) is 0 Å². The molecule has 2 aromatic carbocycles. The Balaban J connectivity index is 2.12. The van der Waals surface area contributed by atoms with E-state index in [0.717, 1.165) is 0 Å². The molecular weight excluding hydrogens is 245 g/mol. The van der Waals surface area contributed by atoms with Gasteiger partial charge in [0.05, 0.1) is 12.1 Å². The lowest BCUT2D eigenvalue weighted by Gasteiger charge is -2.07. The van der Waals surface area contributed by atoms with Crippen LogP contribution in [0.15, 0.2) is 42.5 Å². The average molecular weight is 255 g/mol. The van der Waals surface area contributed by atoms with Crippen LogP contribution in [0.5, 0.6) is 0 Å². The largest absolute Gasteiger partial charge is 0.325 e. The lowest BCUT2D eigenvalue weighted by molar-refractivity contribution is -0.115. The lowest BCUT2D eigenvalue weighted by Crippen LogP contribution is -2.08. The Hall–Kier alpha value is -2.49. The van der Waals surface area contributed by atoms with Crippen LogP contribution >= 0.6 is 0 Å². The number of hydrogen-bond donors (Lipinski definition) is 1. The van der Waals surface area contributed by atoms with Crippen molar-refractivity contribution in [3.8, 4) is 0 Å². The number of fused-ring (bicyclic) bond motifs is 1. The van der Waals surface area contributed by atoms with Gasteiger partial charge in [0.1, 0.15) is 5.82 Å². The summed E-state index contributed by atoms with van der Waals surface area (Å²) in [5.74, 6) is -1.02. The van der Waals surface area contributed by atoms with E-state index in [1.165, 1.54) is 12.1 Å². The van der Waals surface area contributed by atoms with E-state index in [4.69, 9.17) is 0 Å². The van der Waals surface area contributed by atoms with Gasteiger partial charge < -0.3 is 5.32 Å². The van der Waals surface area contributed by atoms with E-state index in [0.29, 0.717) is 16.8 Å². The van der Waals surface area contributed by atoms with E-state index in [2.05, 4.69) is 5.32 Å². The maximum absolute atomic E-state index is 13.5. The monoisotopic (exact) mass is 255 g/mol. The summed E-state index contributed by atoms with van der Waals surface area (Å²) in [4.78, 5) is 23.7. The first-order chi connectivity index (χ1) is 9.15. The van der Waals surface area contributed by atoms with Crippen LogP contribution in [0.2, 0.25) is 0 Å². The quantitative estimate of drug-likeness (QED) is 0.838. The number of halogens is 1. The van der Waals surface area contributed by atoms with Crippen molar-refractivity contribution in [1.82, 2.24) is 0 Å². The Labute approximate surface area is 109 Å². The van der Waals surface area contributed by atoms with Gasteiger partial charge in [-0.1, -0.05) is 30.3 Å². The number of carbonyl (C=O) groups is 2. The average Bonchev–Trinajstić information content (AvgIpc) is 2.78. The fourth-order valence-corrected chi connectivity index (χ4v) is 2.23.